The number of benzene rings is 1. The Labute approximate surface area is 235 Å². The molecule has 0 saturated heterocycles. The number of nitrogens with zero attached hydrogens (tertiary/aromatic N) is 8. The summed E-state index contributed by atoms with van der Waals surface area (Å²) in [6.07, 6.45) is 2.69. The molecule has 9 nitrogen and oxygen atoms in total. The van der Waals surface area contributed by atoms with E-state index in [4.69, 9.17) is 0 Å². The lowest BCUT2D eigenvalue weighted by Crippen LogP contribution is -2.15. The first-order chi connectivity index (χ1) is 20.0. The van der Waals surface area contributed by atoms with Gasteiger partial charge in [0.1, 0.15) is 29.0 Å². The van der Waals surface area contributed by atoms with Crippen LogP contribution in [0, 0.1) is 18.6 Å². The average molecular weight is 580 g/mol. The highest BCUT2D eigenvalue weighted by molar-refractivity contribution is 5.85. The summed E-state index contributed by atoms with van der Waals surface area (Å²) in [6, 6.07) is 4.57. The van der Waals surface area contributed by atoms with E-state index in [1.54, 1.807) is 44.0 Å². The van der Waals surface area contributed by atoms with Crippen LogP contribution in [0.15, 0.2) is 55.2 Å². The summed E-state index contributed by atoms with van der Waals surface area (Å²) in [5, 5.41) is 7.10. The van der Waals surface area contributed by atoms with Crippen LogP contribution in [0.4, 0.5) is 27.8 Å². The zero-order chi connectivity index (χ0) is 29.8. The quantitative estimate of drug-likeness (QED) is 0.242. The first-order valence-electron chi connectivity index (χ1n) is 12.7. The maximum Gasteiger partial charge on any atom is 0.433 e. The Balaban J connectivity index is 1.38. The molecule has 0 aliphatic rings. The summed E-state index contributed by atoms with van der Waals surface area (Å²) in [4.78, 5) is 20.8. The molecule has 0 fully saturated rings. The van der Waals surface area contributed by atoms with Gasteiger partial charge in [-0.1, -0.05) is 6.07 Å². The summed E-state index contributed by atoms with van der Waals surface area (Å²) >= 11 is 0. The molecule has 1 unspecified atom stereocenters. The lowest BCUT2D eigenvalue weighted by Gasteiger charge is -2.19. The molecule has 0 amide bonds. The molecule has 1 aromatic carbocycles. The van der Waals surface area contributed by atoms with Gasteiger partial charge in [0.05, 0.1) is 24.0 Å². The van der Waals surface area contributed by atoms with Gasteiger partial charge < -0.3 is 9.88 Å². The Morgan fingerprint density at radius 2 is 1.81 bits per heavy atom. The Morgan fingerprint density at radius 1 is 1.00 bits per heavy atom. The van der Waals surface area contributed by atoms with Gasteiger partial charge >= 0.3 is 6.18 Å². The van der Waals surface area contributed by atoms with Crippen molar-refractivity contribution in [1.82, 2.24) is 39.3 Å². The van der Waals surface area contributed by atoms with Crippen molar-refractivity contribution >= 4 is 28.0 Å². The first kappa shape index (κ1) is 27.2. The molecule has 0 aliphatic heterocycles. The van der Waals surface area contributed by atoms with Crippen LogP contribution in [0.1, 0.15) is 35.6 Å². The third-order valence-corrected chi connectivity index (χ3v) is 6.96. The largest absolute Gasteiger partial charge is 0.433 e. The maximum absolute atomic E-state index is 16.0. The van der Waals surface area contributed by atoms with Crippen LogP contribution in [-0.2, 0) is 19.8 Å². The van der Waals surface area contributed by atoms with Crippen LogP contribution in [0.3, 0.4) is 0 Å². The number of rotatable bonds is 6. The van der Waals surface area contributed by atoms with Crippen LogP contribution in [0.25, 0.3) is 33.3 Å². The summed E-state index contributed by atoms with van der Waals surface area (Å²) in [5.74, 6) is -1.04. The fourth-order valence-electron chi connectivity index (χ4n) is 5.00. The summed E-state index contributed by atoms with van der Waals surface area (Å²) in [6.45, 7) is 3.02. The van der Waals surface area contributed by atoms with E-state index < -0.39 is 29.5 Å². The monoisotopic (exact) mass is 579 g/mol. The molecule has 214 valence electrons. The number of aryl methyl sites for hydroxylation is 2. The van der Waals surface area contributed by atoms with Crippen molar-refractivity contribution < 1.29 is 22.0 Å². The van der Waals surface area contributed by atoms with E-state index in [9.17, 15) is 13.2 Å². The van der Waals surface area contributed by atoms with Crippen LogP contribution in [-0.4, -0.2) is 39.3 Å². The number of aromatic nitrogens is 8. The Bertz CT molecular complexity index is 1960. The SMILES string of the molecule is Cc1nc2ncc(NCc3cccnc3C(F)(F)F)nc2n1C(C)c1c(F)cc2ncc(-c3cnn(C)c3)cc2c1F. The molecule has 0 spiro atoms. The van der Waals surface area contributed by atoms with Crippen LogP contribution >= 0.6 is 0 Å². The highest BCUT2D eigenvalue weighted by atomic mass is 19.4. The number of anilines is 1. The Morgan fingerprint density at radius 3 is 2.55 bits per heavy atom. The van der Waals surface area contributed by atoms with E-state index in [0.717, 1.165) is 11.8 Å². The van der Waals surface area contributed by atoms with E-state index in [0.29, 0.717) is 11.4 Å². The molecule has 0 aliphatic carbocycles. The van der Waals surface area contributed by atoms with Gasteiger partial charge in [-0.15, -0.1) is 0 Å². The number of imidazole rings is 1. The molecular formula is C28H22F5N9. The van der Waals surface area contributed by atoms with Crippen molar-refractivity contribution in [3.05, 3.63) is 89.5 Å². The zero-order valence-electron chi connectivity index (χ0n) is 22.4. The van der Waals surface area contributed by atoms with Gasteiger partial charge in [-0.25, -0.2) is 23.7 Å². The number of hydrogen-bond acceptors (Lipinski definition) is 7. The van der Waals surface area contributed by atoms with E-state index >= 15 is 8.78 Å². The standard InChI is InChI=1S/C28H22F5N9/c1-14(23-20(29)8-21-19(24(23)30)7-17(10-35-21)18-11-38-41(3)13-18)42-15(2)39-26-27(42)40-22(12-37-26)36-9-16-5-4-6-34-25(16)28(31,32)33/h4-8,10-14H,9H2,1-3H3,(H,36,40). The molecule has 42 heavy (non-hydrogen) atoms. The molecule has 14 heteroatoms. The van der Waals surface area contributed by atoms with Gasteiger partial charge in [0, 0.05) is 65.9 Å². The van der Waals surface area contributed by atoms with Crippen molar-refractivity contribution in [2.75, 3.05) is 5.32 Å². The molecule has 1 atom stereocenters. The number of nitrogens with one attached hydrogen (secondary N) is 1. The van der Waals surface area contributed by atoms with Crippen molar-refractivity contribution in [1.29, 1.82) is 0 Å². The molecule has 0 radical (unpaired) electrons. The number of hydrogen-bond donors (Lipinski definition) is 1. The highest BCUT2D eigenvalue weighted by Crippen LogP contribution is 2.34. The van der Waals surface area contributed by atoms with E-state index in [2.05, 4.69) is 35.3 Å². The smallest absolute Gasteiger partial charge is 0.365 e. The van der Waals surface area contributed by atoms with Gasteiger partial charge in [-0.05, 0) is 26.0 Å². The Hall–Kier alpha value is -5.01. The predicted molar refractivity (Wildman–Crippen MR) is 144 cm³/mol. The van der Waals surface area contributed by atoms with E-state index in [1.165, 1.54) is 35.2 Å². The minimum Gasteiger partial charge on any atom is -0.365 e. The molecule has 0 bridgehead atoms. The summed E-state index contributed by atoms with van der Waals surface area (Å²) < 4.78 is 74.7. The highest BCUT2D eigenvalue weighted by Gasteiger charge is 2.35. The maximum atomic E-state index is 16.0. The lowest BCUT2D eigenvalue weighted by molar-refractivity contribution is -0.141. The van der Waals surface area contributed by atoms with Crippen LogP contribution in [0.2, 0.25) is 0 Å². The Kier molecular flexibility index (Phi) is 6.55. The first-order valence-corrected chi connectivity index (χ1v) is 12.7. The molecular weight excluding hydrogens is 557 g/mol. The third kappa shape index (κ3) is 4.78. The van der Waals surface area contributed by atoms with Crippen molar-refractivity contribution in [2.24, 2.45) is 7.05 Å². The summed E-state index contributed by atoms with van der Waals surface area (Å²) in [5.41, 5.74) is 0.603. The minimum atomic E-state index is -4.62. The summed E-state index contributed by atoms with van der Waals surface area (Å²) in [7, 11) is 1.76. The van der Waals surface area contributed by atoms with Crippen LogP contribution in [0.5, 0.6) is 0 Å². The third-order valence-electron chi connectivity index (χ3n) is 6.96. The van der Waals surface area contributed by atoms with Crippen molar-refractivity contribution in [2.45, 2.75) is 32.6 Å². The second-order valence-electron chi connectivity index (χ2n) is 9.75. The zero-order valence-corrected chi connectivity index (χ0v) is 22.4. The van der Waals surface area contributed by atoms with Crippen molar-refractivity contribution in [3.8, 4) is 11.1 Å². The molecule has 5 heterocycles. The fourth-order valence-corrected chi connectivity index (χ4v) is 5.00. The van der Waals surface area contributed by atoms with Gasteiger partial charge in [-0.3, -0.25) is 14.6 Å². The lowest BCUT2D eigenvalue weighted by atomic mass is 10.0. The van der Waals surface area contributed by atoms with Gasteiger partial charge in [0.15, 0.2) is 11.3 Å². The average Bonchev–Trinajstić information content (AvgIpc) is 3.53. The van der Waals surface area contributed by atoms with Gasteiger partial charge in [0.2, 0.25) is 0 Å². The second-order valence-corrected chi connectivity index (χ2v) is 9.75. The van der Waals surface area contributed by atoms with Crippen LogP contribution < -0.4 is 5.32 Å². The van der Waals surface area contributed by atoms with E-state index in [-0.39, 0.29) is 45.7 Å². The number of halogens is 5. The van der Waals surface area contributed by atoms with Gasteiger partial charge in [-0.2, -0.15) is 18.3 Å². The number of pyridine rings is 2. The minimum absolute atomic E-state index is 0.0791. The predicted octanol–water partition coefficient (Wildman–Crippen LogP) is 6.00. The molecule has 1 N–H and O–H groups in total. The van der Waals surface area contributed by atoms with E-state index in [1.807, 2.05) is 0 Å². The normalized spacial score (nSPS) is 12.8. The molecule has 6 rings (SSSR count). The van der Waals surface area contributed by atoms with Gasteiger partial charge in [0.25, 0.3) is 0 Å². The molecule has 0 saturated carbocycles. The fraction of sp³-hybridized carbons (Fsp3) is 0.214. The van der Waals surface area contributed by atoms with Crippen molar-refractivity contribution in [3.63, 3.8) is 0 Å². The molecule has 6 aromatic rings. The molecule has 5 aromatic heterocycles. The topological polar surface area (TPSA) is 99.2 Å². The second kappa shape index (κ2) is 10.1. The number of alkyl halides is 3. The number of fused-ring (bicyclic) bond motifs is 2.